The second kappa shape index (κ2) is 3.63. The summed E-state index contributed by atoms with van der Waals surface area (Å²) in [5, 5.41) is 0. The van der Waals surface area contributed by atoms with Crippen LogP contribution in [0.3, 0.4) is 0 Å². The van der Waals surface area contributed by atoms with Gasteiger partial charge in [-0.15, -0.1) is 0 Å². The fraction of sp³-hybridized carbons (Fsp3) is 0.333. The second-order valence-electron chi connectivity index (χ2n) is 3.04. The van der Waals surface area contributed by atoms with Crippen LogP contribution in [0.4, 0.5) is 5.69 Å². The highest BCUT2D eigenvalue weighted by molar-refractivity contribution is 5.87. The molecule has 5 nitrogen and oxygen atoms in total. The van der Waals surface area contributed by atoms with E-state index in [1.165, 1.54) is 12.3 Å². The molecule has 0 spiro atoms. The second-order valence-corrected chi connectivity index (χ2v) is 3.04. The van der Waals surface area contributed by atoms with Crippen molar-refractivity contribution in [2.45, 2.75) is 6.10 Å². The molecule has 0 bridgehead atoms. The molecular formula is C9H10N2O3. The first-order valence-corrected chi connectivity index (χ1v) is 4.26. The molecule has 14 heavy (non-hydrogen) atoms. The first-order chi connectivity index (χ1) is 6.75. The van der Waals surface area contributed by atoms with Gasteiger partial charge in [0.25, 0.3) is 0 Å². The molecule has 0 saturated carbocycles. The standard InChI is InChI=1S/C9H10N2O3/c10-6-1-2-8(11-3-6)9(12)14-7-4-13-5-7/h1-3,7H,4-5,10H2. The highest BCUT2D eigenvalue weighted by Crippen LogP contribution is 2.09. The Morgan fingerprint density at radius 1 is 1.57 bits per heavy atom. The summed E-state index contributed by atoms with van der Waals surface area (Å²) in [6, 6.07) is 3.15. The van der Waals surface area contributed by atoms with E-state index in [2.05, 4.69) is 4.98 Å². The minimum absolute atomic E-state index is 0.123. The largest absolute Gasteiger partial charge is 0.453 e. The quantitative estimate of drug-likeness (QED) is 0.681. The molecule has 1 aliphatic rings. The van der Waals surface area contributed by atoms with Gasteiger partial charge in [-0.2, -0.15) is 0 Å². The van der Waals surface area contributed by atoms with Crippen LogP contribution in [0.1, 0.15) is 10.5 Å². The molecule has 0 atom stereocenters. The predicted molar refractivity (Wildman–Crippen MR) is 48.7 cm³/mol. The van der Waals surface area contributed by atoms with Gasteiger partial charge in [-0.25, -0.2) is 9.78 Å². The van der Waals surface area contributed by atoms with Crippen LogP contribution in [0, 0.1) is 0 Å². The number of nitrogens with zero attached hydrogens (tertiary/aromatic N) is 1. The molecule has 0 aromatic carbocycles. The number of carbonyl (C=O) groups excluding carboxylic acids is 1. The summed E-state index contributed by atoms with van der Waals surface area (Å²) in [7, 11) is 0. The van der Waals surface area contributed by atoms with Gasteiger partial charge in [-0.3, -0.25) is 0 Å². The van der Waals surface area contributed by atoms with E-state index in [4.69, 9.17) is 15.2 Å². The first kappa shape index (κ1) is 8.96. The van der Waals surface area contributed by atoms with Gasteiger partial charge in [0.2, 0.25) is 0 Å². The molecule has 74 valence electrons. The van der Waals surface area contributed by atoms with Crippen molar-refractivity contribution in [2.75, 3.05) is 18.9 Å². The molecule has 1 saturated heterocycles. The van der Waals surface area contributed by atoms with E-state index in [0.717, 1.165) is 0 Å². The molecule has 0 amide bonds. The number of esters is 1. The number of pyridine rings is 1. The number of carbonyl (C=O) groups is 1. The Kier molecular flexibility index (Phi) is 2.32. The number of hydrogen-bond acceptors (Lipinski definition) is 5. The van der Waals surface area contributed by atoms with E-state index < -0.39 is 5.97 Å². The van der Waals surface area contributed by atoms with E-state index in [0.29, 0.717) is 18.9 Å². The van der Waals surface area contributed by atoms with Crippen LogP contribution in [-0.4, -0.2) is 30.3 Å². The van der Waals surface area contributed by atoms with Crippen molar-refractivity contribution in [1.29, 1.82) is 0 Å². The number of nitrogens with two attached hydrogens (primary N) is 1. The Hall–Kier alpha value is -1.62. The lowest BCUT2D eigenvalue weighted by atomic mass is 10.3. The highest BCUT2D eigenvalue weighted by atomic mass is 16.6. The van der Waals surface area contributed by atoms with Crippen LogP contribution in [0.15, 0.2) is 18.3 Å². The zero-order valence-electron chi connectivity index (χ0n) is 7.47. The van der Waals surface area contributed by atoms with Gasteiger partial charge >= 0.3 is 5.97 Å². The maximum Gasteiger partial charge on any atom is 0.357 e. The summed E-state index contributed by atoms with van der Waals surface area (Å²) in [6.07, 6.45) is 1.30. The van der Waals surface area contributed by atoms with Crippen molar-refractivity contribution in [3.8, 4) is 0 Å². The lowest BCUT2D eigenvalue weighted by molar-refractivity contribution is -0.103. The molecule has 5 heteroatoms. The molecule has 1 aromatic heterocycles. The summed E-state index contributed by atoms with van der Waals surface area (Å²) < 4.78 is 9.92. The van der Waals surface area contributed by atoms with Gasteiger partial charge in [0, 0.05) is 0 Å². The van der Waals surface area contributed by atoms with E-state index in [-0.39, 0.29) is 11.8 Å². The van der Waals surface area contributed by atoms with Crippen molar-refractivity contribution in [1.82, 2.24) is 4.98 Å². The van der Waals surface area contributed by atoms with Gasteiger partial charge in [0.15, 0.2) is 0 Å². The van der Waals surface area contributed by atoms with Crippen molar-refractivity contribution in [3.63, 3.8) is 0 Å². The van der Waals surface area contributed by atoms with Crippen molar-refractivity contribution >= 4 is 11.7 Å². The Labute approximate surface area is 80.8 Å². The lowest BCUT2D eigenvalue weighted by Gasteiger charge is -2.25. The fourth-order valence-corrected chi connectivity index (χ4v) is 1.02. The van der Waals surface area contributed by atoms with Crippen molar-refractivity contribution in [3.05, 3.63) is 24.0 Å². The zero-order valence-corrected chi connectivity index (χ0v) is 7.47. The molecule has 1 aromatic rings. The van der Waals surface area contributed by atoms with Crippen LogP contribution < -0.4 is 5.73 Å². The monoisotopic (exact) mass is 194 g/mol. The van der Waals surface area contributed by atoms with Gasteiger partial charge in [-0.05, 0) is 12.1 Å². The fourth-order valence-electron chi connectivity index (χ4n) is 1.02. The molecule has 2 N–H and O–H groups in total. The van der Waals surface area contributed by atoms with Crippen LogP contribution in [0.25, 0.3) is 0 Å². The Morgan fingerprint density at radius 3 is 2.86 bits per heavy atom. The smallest absolute Gasteiger partial charge is 0.357 e. The third-order valence-electron chi connectivity index (χ3n) is 1.88. The van der Waals surface area contributed by atoms with Crippen LogP contribution in [0.5, 0.6) is 0 Å². The van der Waals surface area contributed by atoms with E-state index in [9.17, 15) is 4.79 Å². The summed E-state index contributed by atoms with van der Waals surface area (Å²) in [5.41, 5.74) is 6.22. The number of hydrogen-bond donors (Lipinski definition) is 1. The Balaban J connectivity index is 1.99. The van der Waals surface area contributed by atoms with Gasteiger partial charge in [0.05, 0.1) is 25.1 Å². The average molecular weight is 194 g/mol. The molecular weight excluding hydrogens is 184 g/mol. The molecule has 2 heterocycles. The van der Waals surface area contributed by atoms with Crippen molar-refractivity contribution < 1.29 is 14.3 Å². The summed E-state index contributed by atoms with van der Waals surface area (Å²) >= 11 is 0. The molecule has 0 unspecified atom stereocenters. The Bertz CT molecular complexity index is 332. The van der Waals surface area contributed by atoms with E-state index in [1.54, 1.807) is 6.07 Å². The molecule has 0 aliphatic carbocycles. The van der Waals surface area contributed by atoms with Crippen LogP contribution in [-0.2, 0) is 9.47 Å². The van der Waals surface area contributed by atoms with Crippen LogP contribution >= 0.6 is 0 Å². The summed E-state index contributed by atoms with van der Waals surface area (Å²) in [6.45, 7) is 0.946. The van der Waals surface area contributed by atoms with E-state index >= 15 is 0 Å². The van der Waals surface area contributed by atoms with Gasteiger partial charge in [0.1, 0.15) is 11.8 Å². The zero-order chi connectivity index (χ0) is 9.97. The predicted octanol–water partition coefficient (Wildman–Crippen LogP) is 0.219. The highest BCUT2D eigenvalue weighted by Gasteiger charge is 2.23. The number of anilines is 1. The molecule has 1 aliphatic heterocycles. The van der Waals surface area contributed by atoms with Crippen molar-refractivity contribution in [2.24, 2.45) is 0 Å². The summed E-state index contributed by atoms with van der Waals surface area (Å²) in [4.78, 5) is 15.2. The van der Waals surface area contributed by atoms with Crippen LogP contribution in [0.2, 0.25) is 0 Å². The molecule has 2 rings (SSSR count). The normalized spacial score (nSPS) is 16.0. The topological polar surface area (TPSA) is 74.4 Å². The Morgan fingerprint density at radius 2 is 2.36 bits per heavy atom. The minimum atomic E-state index is -0.432. The van der Waals surface area contributed by atoms with Gasteiger partial charge in [-0.1, -0.05) is 0 Å². The van der Waals surface area contributed by atoms with E-state index in [1.807, 2.05) is 0 Å². The number of rotatable bonds is 2. The summed E-state index contributed by atoms with van der Waals surface area (Å²) in [5.74, 6) is -0.432. The minimum Gasteiger partial charge on any atom is -0.453 e. The molecule has 0 radical (unpaired) electrons. The molecule has 1 fully saturated rings. The number of aromatic nitrogens is 1. The maximum atomic E-state index is 11.4. The maximum absolute atomic E-state index is 11.4. The van der Waals surface area contributed by atoms with Gasteiger partial charge < -0.3 is 15.2 Å². The third-order valence-corrected chi connectivity index (χ3v) is 1.88. The SMILES string of the molecule is Nc1ccc(C(=O)OC2COC2)nc1. The third kappa shape index (κ3) is 1.82. The lowest BCUT2D eigenvalue weighted by Crippen LogP contribution is -2.37. The average Bonchev–Trinajstić information content (AvgIpc) is 2.12. The number of ether oxygens (including phenoxy) is 2. The first-order valence-electron chi connectivity index (χ1n) is 4.26. The number of nitrogen functional groups attached to an aromatic ring is 1.